The molecule has 6 nitrogen and oxygen atoms in total. The molecule has 0 bridgehead atoms. The van der Waals surface area contributed by atoms with Crippen molar-refractivity contribution in [3.63, 3.8) is 0 Å². The first-order valence-electron chi connectivity index (χ1n) is 9.99. The Labute approximate surface area is 190 Å². The van der Waals surface area contributed by atoms with E-state index in [2.05, 4.69) is 19.1 Å². The summed E-state index contributed by atoms with van der Waals surface area (Å²) in [5, 5.41) is 3.11. The third-order valence-electron chi connectivity index (χ3n) is 5.20. The molecule has 0 aromatic heterocycles. The Kier molecular flexibility index (Phi) is 7.70. The molecule has 0 fully saturated rings. The van der Waals surface area contributed by atoms with Crippen molar-refractivity contribution in [2.24, 2.45) is 0 Å². The van der Waals surface area contributed by atoms with Crippen molar-refractivity contribution < 1.29 is 28.4 Å². The largest absolute Gasteiger partial charge is 0.493 e. The first-order chi connectivity index (χ1) is 15.6. The minimum atomic E-state index is -1.12. The Morgan fingerprint density at radius 1 is 0.469 bits per heavy atom. The molecule has 3 aromatic carbocycles. The van der Waals surface area contributed by atoms with E-state index in [1.165, 1.54) is 5.30 Å². The molecular formula is C25H29O6P. The molecule has 0 N–H and O–H groups in total. The molecule has 3 rings (SSSR count). The third kappa shape index (κ3) is 4.15. The average molecular weight is 456 g/mol. The van der Waals surface area contributed by atoms with E-state index in [9.17, 15) is 0 Å². The summed E-state index contributed by atoms with van der Waals surface area (Å²) in [5.41, 5.74) is 1.16. The summed E-state index contributed by atoms with van der Waals surface area (Å²) in [7, 11) is 8.59. The second-order valence-corrected chi connectivity index (χ2v) is 8.95. The maximum absolute atomic E-state index is 5.86. The topological polar surface area (TPSA) is 55.4 Å². The van der Waals surface area contributed by atoms with E-state index in [-0.39, 0.29) is 0 Å². The van der Waals surface area contributed by atoms with E-state index in [0.29, 0.717) is 34.5 Å². The van der Waals surface area contributed by atoms with Gasteiger partial charge in [-0.2, -0.15) is 0 Å². The van der Waals surface area contributed by atoms with E-state index in [0.717, 1.165) is 16.2 Å². The van der Waals surface area contributed by atoms with Crippen molar-refractivity contribution in [3.8, 4) is 34.5 Å². The number of hydrogen-bond donors (Lipinski definition) is 0. The van der Waals surface area contributed by atoms with E-state index < -0.39 is 7.92 Å². The lowest BCUT2D eigenvalue weighted by molar-refractivity contribution is 0.325. The number of aryl methyl sites for hydroxylation is 1. The van der Waals surface area contributed by atoms with Crippen LogP contribution < -0.4 is 44.3 Å². The Morgan fingerprint density at radius 2 is 0.906 bits per heavy atom. The highest BCUT2D eigenvalue weighted by Crippen LogP contribution is 2.48. The first-order valence-corrected chi connectivity index (χ1v) is 11.3. The van der Waals surface area contributed by atoms with Gasteiger partial charge in [-0.1, -0.05) is 24.3 Å². The van der Waals surface area contributed by atoms with Gasteiger partial charge in [-0.05, 0) is 50.0 Å². The normalized spacial score (nSPS) is 10.6. The Balaban J connectivity index is 2.41. The SMILES string of the molecule is COc1ccc(P(c2ccccc2C)c2ccc(OC)c(OC)c2OC)c(OC)c1OC. The smallest absolute Gasteiger partial charge is 0.203 e. The van der Waals surface area contributed by atoms with Crippen LogP contribution in [-0.4, -0.2) is 42.7 Å². The van der Waals surface area contributed by atoms with Crippen LogP contribution >= 0.6 is 7.92 Å². The fourth-order valence-corrected chi connectivity index (χ4v) is 6.41. The molecule has 0 aliphatic heterocycles. The number of rotatable bonds is 9. The zero-order valence-electron chi connectivity index (χ0n) is 19.5. The molecule has 170 valence electrons. The molecular weight excluding hydrogens is 427 g/mol. The molecule has 0 unspecified atom stereocenters. The fourth-order valence-electron chi connectivity index (χ4n) is 3.73. The van der Waals surface area contributed by atoms with Crippen molar-refractivity contribution in [1.82, 2.24) is 0 Å². The van der Waals surface area contributed by atoms with Crippen molar-refractivity contribution in [2.75, 3.05) is 42.7 Å². The molecule has 3 aromatic rings. The van der Waals surface area contributed by atoms with Crippen LogP contribution in [0.4, 0.5) is 0 Å². The molecule has 0 heterocycles. The summed E-state index contributed by atoms with van der Waals surface area (Å²) in [4.78, 5) is 0. The molecule has 32 heavy (non-hydrogen) atoms. The number of methoxy groups -OCH3 is 6. The van der Waals surface area contributed by atoms with Gasteiger partial charge < -0.3 is 28.4 Å². The van der Waals surface area contributed by atoms with Gasteiger partial charge in [0.05, 0.1) is 42.7 Å². The van der Waals surface area contributed by atoms with E-state index in [1.54, 1.807) is 42.7 Å². The lowest BCUT2D eigenvalue weighted by Crippen LogP contribution is -2.25. The molecule has 7 heteroatoms. The molecule has 0 saturated carbocycles. The predicted octanol–water partition coefficient (Wildman–Crippen LogP) is 3.80. The molecule has 0 amide bonds. The highest BCUT2D eigenvalue weighted by molar-refractivity contribution is 7.80. The van der Waals surface area contributed by atoms with Gasteiger partial charge in [0.25, 0.3) is 0 Å². The lowest BCUT2D eigenvalue weighted by Gasteiger charge is -2.27. The quantitative estimate of drug-likeness (QED) is 0.457. The van der Waals surface area contributed by atoms with Crippen LogP contribution in [0.5, 0.6) is 34.5 Å². The van der Waals surface area contributed by atoms with Gasteiger partial charge in [-0.15, -0.1) is 0 Å². The van der Waals surface area contributed by atoms with Crippen LogP contribution in [0.15, 0.2) is 48.5 Å². The van der Waals surface area contributed by atoms with Crippen LogP contribution in [0.2, 0.25) is 0 Å². The summed E-state index contributed by atoms with van der Waals surface area (Å²) in [6, 6.07) is 16.2. The van der Waals surface area contributed by atoms with Crippen molar-refractivity contribution in [2.45, 2.75) is 6.92 Å². The van der Waals surface area contributed by atoms with Gasteiger partial charge in [0.1, 0.15) is 0 Å². The van der Waals surface area contributed by atoms with E-state index in [1.807, 2.05) is 36.4 Å². The van der Waals surface area contributed by atoms with Crippen molar-refractivity contribution in [3.05, 3.63) is 54.1 Å². The summed E-state index contributed by atoms with van der Waals surface area (Å²) in [5.74, 6) is 3.55. The molecule has 0 radical (unpaired) electrons. The highest BCUT2D eigenvalue weighted by atomic mass is 31.1. The zero-order valence-corrected chi connectivity index (χ0v) is 20.4. The molecule has 0 aliphatic rings. The lowest BCUT2D eigenvalue weighted by atomic mass is 10.2. The second kappa shape index (κ2) is 10.5. The zero-order chi connectivity index (χ0) is 23.3. The standard InChI is InChI=1S/C25H29O6P/c1-16-10-8-9-11-19(16)32(20-14-12-17(26-2)22(28-4)24(20)30-6)21-15-13-18(27-3)23(29-5)25(21)31-7/h8-15H,1-7H3. The average Bonchev–Trinajstić information content (AvgIpc) is 2.83. The van der Waals surface area contributed by atoms with E-state index in [4.69, 9.17) is 28.4 Å². The second-order valence-electron chi connectivity index (χ2n) is 6.83. The van der Waals surface area contributed by atoms with Gasteiger partial charge in [0, 0.05) is 10.6 Å². The van der Waals surface area contributed by atoms with Gasteiger partial charge >= 0.3 is 0 Å². The fraction of sp³-hybridized carbons (Fsp3) is 0.280. The monoisotopic (exact) mass is 456 g/mol. The van der Waals surface area contributed by atoms with Crippen LogP contribution in [0.1, 0.15) is 5.56 Å². The summed E-state index contributed by atoms with van der Waals surface area (Å²) in [6.45, 7) is 2.10. The molecule has 0 aliphatic carbocycles. The number of ether oxygens (including phenoxy) is 6. The minimum absolute atomic E-state index is 0.549. The maximum Gasteiger partial charge on any atom is 0.203 e. The van der Waals surface area contributed by atoms with Crippen LogP contribution in [-0.2, 0) is 0 Å². The molecule has 0 spiro atoms. The molecule has 0 atom stereocenters. The van der Waals surface area contributed by atoms with Gasteiger partial charge in [0.15, 0.2) is 23.0 Å². The summed E-state index contributed by atoms with van der Waals surface area (Å²) in [6.07, 6.45) is 0. The van der Waals surface area contributed by atoms with Crippen molar-refractivity contribution >= 4 is 23.8 Å². The van der Waals surface area contributed by atoms with Gasteiger partial charge in [-0.3, -0.25) is 0 Å². The van der Waals surface area contributed by atoms with Gasteiger partial charge in [-0.25, -0.2) is 0 Å². The summed E-state index contributed by atoms with van der Waals surface area (Å²) >= 11 is 0. The van der Waals surface area contributed by atoms with Crippen LogP contribution in [0.3, 0.4) is 0 Å². The first kappa shape index (κ1) is 23.6. The van der Waals surface area contributed by atoms with Gasteiger partial charge in [0.2, 0.25) is 11.5 Å². The number of hydrogen-bond acceptors (Lipinski definition) is 6. The van der Waals surface area contributed by atoms with Crippen molar-refractivity contribution in [1.29, 1.82) is 0 Å². The van der Waals surface area contributed by atoms with Crippen LogP contribution in [0, 0.1) is 6.92 Å². The summed E-state index contributed by atoms with van der Waals surface area (Å²) < 4.78 is 34.1. The minimum Gasteiger partial charge on any atom is -0.493 e. The Morgan fingerprint density at radius 3 is 1.28 bits per heavy atom. The highest BCUT2D eigenvalue weighted by Gasteiger charge is 2.30. The third-order valence-corrected chi connectivity index (χ3v) is 7.86. The maximum atomic E-state index is 5.86. The molecule has 0 saturated heterocycles. The Hall–Kier alpha value is -3.11. The predicted molar refractivity (Wildman–Crippen MR) is 129 cm³/mol. The van der Waals surface area contributed by atoms with Crippen LogP contribution in [0.25, 0.3) is 0 Å². The Bertz CT molecular complexity index is 1020. The number of benzene rings is 3. The van der Waals surface area contributed by atoms with E-state index >= 15 is 0 Å².